The molecule has 0 radical (unpaired) electrons. The van der Waals surface area contributed by atoms with E-state index in [4.69, 9.17) is 10.9 Å². The molecule has 0 aliphatic carbocycles. The summed E-state index contributed by atoms with van der Waals surface area (Å²) in [4.78, 5) is 40.0. The van der Waals surface area contributed by atoms with Crippen LogP contribution in [-0.4, -0.2) is 34.5 Å². The van der Waals surface area contributed by atoms with Gasteiger partial charge >= 0.3 is 0 Å². The molecule has 37 heavy (non-hydrogen) atoms. The van der Waals surface area contributed by atoms with Crippen LogP contribution in [0.1, 0.15) is 48.2 Å². The highest BCUT2D eigenvalue weighted by molar-refractivity contribution is 6.01. The zero-order chi connectivity index (χ0) is 26.6. The first kappa shape index (κ1) is 26.1. The van der Waals surface area contributed by atoms with Crippen molar-refractivity contribution in [2.75, 3.05) is 4.90 Å². The van der Waals surface area contributed by atoms with E-state index >= 15 is 0 Å². The SMILES string of the molecule is CC(C)(N)CC(=O)N[C@@H]1CCc2ccccc2N(Cc2ccc(-c3ccccc3C(=O)NO)cc2)C1=O. The van der Waals surface area contributed by atoms with E-state index in [-0.39, 0.29) is 18.2 Å². The number of nitrogens with one attached hydrogen (secondary N) is 2. The monoisotopic (exact) mass is 500 g/mol. The Kier molecular flexibility index (Phi) is 7.71. The number of benzene rings is 3. The smallest absolute Gasteiger partial charge is 0.275 e. The predicted octanol–water partition coefficient (Wildman–Crippen LogP) is 3.56. The number of amides is 3. The number of fused-ring (bicyclic) bond motifs is 1. The van der Waals surface area contributed by atoms with Crippen LogP contribution in [0.3, 0.4) is 0 Å². The van der Waals surface area contributed by atoms with Crippen LogP contribution in [-0.2, 0) is 22.6 Å². The van der Waals surface area contributed by atoms with E-state index in [1.165, 1.54) is 0 Å². The van der Waals surface area contributed by atoms with Gasteiger partial charge in [0.2, 0.25) is 11.8 Å². The van der Waals surface area contributed by atoms with Gasteiger partial charge in [0.25, 0.3) is 5.91 Å². The van der Waals surface area contributed by atoms with E-state index < -0.39 is 17.5 Å². The molecule has 8 heteroatoms. The number of carbonyl (C=O) groups excluding carboxylic acids is 3. The Balaban J connectivity index is 1.59. The average molecular weight is 501 g/mol. The van der Waals surface area contributed by atoms with Crippen molar-refractivity contribution in [2.45, 2.75) is 51.2 Å². The van der Waals surface area contributed by atoms with Crippen LogP contribution in [0.25, 0.3) is 11.1 Å². The van der Waals surface area contributed by atoms with Crippen molar-refractivity contribution in [1.29, 1.82) is 0 Å². The number of hydrogen-bond donors (Lipinski definition) is 4. The average Bonchev–Trinajstić information content (AvgIpc) is 3.00. The molecular weight excluding hydrogens is 468 g/mol. The van der Waals surface area contributed by atoms with Crippen molar-refractivity contribution in [3.8, 4) is 11.1 Å². The Morgan fingerprint density at radius 2 is 1.70 bits per heavy atom. The lowest BCUT2D eigenvalue weighted by atomic mass is 9.98. The number of hydroxylamine groups is 1. The summed E-state index contributed by atoms with van der Waals surface area (Å²) >= 11 is 0. The van der Waals surface area contributed by atoms with Crippen molar-refractivity contribution in [3.05, 3.63) is 89.5 Å². The second kappa shape index (κ2) is 10.9. The topological polar surface area (TPSA) is 125 Å². The van der Waals surface area contributed by atoms with Crippen LogP contribution < -0.4 is 21.4 Å². The Labute approximate surface area is 216 Å². The van der Waals surface area contributed by atoms with Gasteiger partial charge in [-0.25, -0.2) is 5.48 Å². The Bertz CT molecular complexity index is 1300. The Hall–Kier alpha value is -4.01. The minimum atomic E-state index is -0.668. The van der Waals surface area contributed by atoms with Gasteiger partial charge in [0.05, 0.1) is 6.54 Å². The van der Waals surface area contributed by atoms with Crippen LogP contribution >= 0.6 is 0 Å². The van der Waals surface area contributed by atoms with Crippen molar-refractivity contribution < 1.29 is 19.6 Å². The number of nitrogens with two attached hydrogens (primary N) is 1. The van der Waals surface area contributed by atoms with E-state index in [0.717, 1.165) is 22.4 Å². The van der Waals surface area contributed by atoms with Gasteiger partial charge in [0.1, 0.15) is 6.04 Å². The summed E-state index contributed by atoms with van der Waals surface area (Å²) < 4.78 is 0. The minimum absolute atomic E-state index is 0.126. The summed E-state index contributed by atoms with van der Waals surface area (Å²) in [5.41, 5.74) is 11.6. The van der Waals surface area contributed by atoms with Crippen LogP contribution in [0.5, 0.6) is 0 Å². The first-order valence-electron chi connectivity index (χ1n) is 12.3. The standard InChI is InChI=1S/C29H32N4O4/c1-29(2,30)17-26(34)31-24-16-15-21-7-3-6-10-25(21)33(28(24)36)18-19-11-13-20(14-12-19)22-8-4-5-9-23(22)27(35)32-37/h3-14,24,37H,15-18,30H2,1-2H3,(H,31,34)(H,32,35)/t24-/m1/s1. The van der Waals surface area contributed by atoms with Gasteiger partial charge < -0.3 is 16.0 Å². The predicted molar refractivity (Wildman–Crippen MR) is 142 cm³/mol. The summed E-state index contributed by atoms with van der Waals surface area (Å²) in [5.74, 6) is -0.994. The molecule has 3 aromatic rings. The van der Waals surface area contributed by atoms with Gasteiger partial charge in [0, 0.05) is 23.2 Å². The fraction of sp³-hybridized carbons (Fsp3) is 0.276. The highest BCUT2D eigenvalue weighted by Crippen LogP contribution is 2.30. The van der Waals surface area contributed by atoms with Gasteiger partial charge in [0.15, 0.2) is 0 Å². The lowest BCUT2D eigenvalue weighted by molar-refractivity contribution is -0.128. The third kappa shape index (κ3) is 6.22. The van der Waals surface area contributed by atoms with Crippen LogP contribution in [0, 0.1) is 0 Å². The zero-order valence-corrected chi connectivity index (χ0v) is 21.0. The molecule has 0 spiro atoms. The molecule has 4 rings (SSSR count). The number of anilines is 1. The van der Waals surface area contributed by atoms with Crippen LogP contribution in [0.15, 0.2) is 72.8 Å². The second-order valence-electron chi connectivity index (χ2n) is 10.1. The highest BCUT2D eigenvalue weighted by Gasteiger charge is 2.32. The molecule has 0 unspecified atom stereocenters. The number of carbonyl (C=O) groups is 3. The van der Waals surface area contributed by atoms with E-state index in [2.05, 4.69) is 5.32 Å². The van der Waals surface area contributed by atoms with Crippen LogP contribution in [0.4, 0.5) is 5.69 Å². The second-order valence-corrected chi connectivity index (χ2v) is 10.1. The molecule has 0 fully saturated rings. The normalized spacial score (nSPS) is 15.5. The molecular formula is C29H32N4O4. The third-order valence-corrected chi connectivity index (χ3v) is 6.38. The van der Waals surface area contributed by atoms with Crippen molar-refractivity contribution in [1.82, 2.24) is 10.8 Å². The maximum atomic E-state index is 13.7. The van der Waals surface area contributed by atoms with Crippen LogP contribution in [0.2, 0.25) is 0 Å². The van der Waals surface area contributed by atoms with Crippen molar-refractivity contribution >= 4 is 23.4 Å². The maximum absolute atomic E-state index is 13.7. The summed E-state index contributed by atoms with van der Waals surface area (Å²) in [6, 6.07) is 21.7. The highest BCUT2D eigenvalue weighted by atomic mass is 16.5. The largest absolute Gasteiger partial charge is 0.344 e. The summed E-state index contributed by atoms with van der Waals surface area (Å²) in [6.07, 6.45) is 1.30. The van der Waals surface area contributed by atoms with Crippen molar-refractivity contribution in [2.24, 2.45) is 5.73 Å². The molecule has 0 saturated heterocycles. The Morgan fingerprint density at radius 1 is 1.03 bits per heavy atom. The fourth-order valence-electron chi connectivity index (χ4n) is 4.64. The third-order valence-electron chi connectivity index (χ3n) is 6.38. The fourth-order valence-corrected chi connectivity index (χ4v) is 4.64. The van der Waals surface area contributed by atoms with Gasteiger partial charge in [-0.15, -0.1) is 0 Å². The molecule has 0 bridgehead atoms. The minimum Gasteiger partial charge on any atom is -0.344 e. The zero-order valence-electron chi connectivity index (χ0n) is 21.0. The summed E-state index contributed by atoms with van der Waals surface area (Å²) in [5, 5.41) is 12.0. The number of rotatable bonds is 7. The molecule has 0 saturated carbocycles. The van der Waals surface area contributed by atoms with Gasteiger partial charge in [-0.05, 0) is 61.1 Å². The van der Waals surface area contributed by atoms with Crippen molar-refractivity contribution in [3.63, 3.8) is 0 Å². The van der Waals surface area contributed by atoms with E-state index in [0.29, 0.717) is 30.5 Å². The van der Waals surface area contributed by atoms with E-state index in [9.17, 15) is 14.4 Å². The quantitative estimate of drug-likeness (QED) is 0.292. The number of nitrogens with zero attached hydrogens (tertiary/aromatic N) is 1. The molecule has 1 atom stereocenters. The summed E-state index contributed by atoms with van der Waals surface area (Å²) in [7, 11) is 0. The van der Waals surface area contributed by atoms with Gasteiger partial charge in [-0.1, -0.05) is 60.7 Å². The molecule has 1 heterocycles. The lowest BCUT2D eigenvalue weighted by Gasteiger charge is -2.27. The molecule has 3 amide bonds. The molecule has 1 aliphatic rings. The van der Waals surface area contributed by atoms with E-state index in [1.54, 1.807) is 36.4 Å². The van der Waals surface area contributed by atoms with E-state index in [1.807, 2.05) is 60.7 Å². The molecule has 8 nitrogen and oxygen atoms in total. The maximum Gasteiger partial charge on any atom is 0.275 e. The molecule has 0 aromatic heterocycles. The molecule has 5 N–H and O–H groups in total. The Morgan fingerprint density at radius 3 is 2.41 bits per heavy atom. The number of aryl methyl sites for hydroxylation is 1. The lowest BCUT2D eigenvalue weighted by Crippen LogP contribution is -2.49. The molecule has 192 valence electrons. The number of hydrogen-bond acceptors (Lipinski definition) is 5. The first-order chi connectivity index (χ1) is 17.7. The molecule has 1 aliphatic heterocycles. The van der Waals surface area contributed by atoms with Gasteiger partial charge in [-0.2, -0.15) is 0 Å². The molecule has 3 aromatic carbocycles. The summed E-state index contributed by atoms with van der Waals surface area (Å²) in [6.45, 7) is 3.88. The number of para-hydroxylation sites is 1. The first-order valence-corrected chi connectivity index (χ1v) is 12.3. The van der Waals surface area contributed by atoms with Gasteiger partial charge in [-0.3, -0.25) is 19.6 Å².